The van der Waals surface area contributed by atoms with E-state index in [2.05, 4.69) is 9.97 Å². The van der Waals surface area contributed by atoms with Crippen LogP contribution in [0.3, 0.4) is 0 Å². The van der Waals surface area contributed by atoms with E-state index in [9.17, 15) is 4.21 Å². The van der Waals surface area contributed by atoms with Crippen LogP contribution in [0.4, 0.5) is 5.82 Å². The molecule has 0 aliphatic carbocycles. The second-order valence-electron chi connectivity index (χ2n) is 6.01. The average Bonchev–Trinajstić information content (AvgIpc) is 3.10. The molecular weight excluding hydrogens is 360 g/mol. The van der Waals surface area contributed by atoms with E-state index in [4.69, 9.17) is 10.8 Å². The van der Waals surface area contributed by atoms with Crippen LogP contribution in [0.5, 0.6) is 0 Å². The molecule has 0 saturated carbocycles. The Morgan fingerprint density at radius 2 is 1.89 bits per heavy atom. The number of aliphatic hydroxyl groups excluding tert-OH is 1. The molecule has 7 heteroatoms. The maximum absolute atomic E-state index is 12.3. The van der Waals surface area contributed by atoms with Crippen molar-refractivity contribution in [2.75, 3.05) is 18.1 Å². The van der Waals surface area contributed by atoms with E-state index in [1.165, 1.54) is 6.33 Å². The Labute approximate surface area is 158 Å². The van der Waals surface area contributed by atoms with Crippen molar-refractivity contribution in [3.8, 4) is 16.8 Å². The van der Waals surface area contributed by atoms with Gasteiger partial charge in [-0.2, -0.15) is 0 Å². The van der Waals surface area contributed by atoms with Gasteiger partial charge in [-0.05, 0) is 23.8 Å². The lowest BCUT2D eigenvalue weighted by molar-refractivity contribution is 0.321. The van der Waals surface area contributed by atoms with Crippen LogP contribution >= 0.6 is 0 Å². The van der Waals surface area contributed by atoms with Gasteiger partial charge in [0.15, 0.2) is 5.65 Å². The zero-order valence-electron chi connectivity index (χ0n) is 14.4. The molecule has 6 nitrogen and oxygen atoms in total. The molecule has 27 heavy (non-hydrogen) atoms. The SMILES string of the molecule is Nc1ncnc2c1c(-c1ccccc1)cn2-c1cccc(S(=O)CCO)c1. The van der Waals surface area contributed by atoms with Crippen molar-refractivity contribution in [3.63, 3.8) is 0 Å². The second kappa shape index (κ2) is 7.30. The lowest BCUT2D eigenvalue weighted by atomic mass is 10.1. The summed E-state index contributed by atoms with van der Waals surface area (Å²) >= 11 is 0. The molecule has 0 fully saturated rings. The number of aliphatic hydroxyl groups is 1. The number of fused-ring (bicyclic) bond motifs is 1. The molecule has 2 heterocycles. The molecule has 0 aliphatic heterocycles. The van der Waals surface area contributed by atoms with E-state index in [-0.39, 0.29) is 12.4 Å². The van der Waals surface area contributed by atoms with Crippen LogP contribution in [0.15, 0.2) is 72.0 Å². The number of hydrogen-bond acceptors (Lipinski definition) is 5. The summed E-state index contributed by atoms with van der Waals surface area (Å²) in [5.41, 5.74) is 9.62. The normalized spacial score (nSPS) is 12.3. The Morgan fingerprint density at radius 1 is 1.07 bits per heavy atom. The highest BCUT2D eigenvalue weighted by Gasteiger charge is 2.16. The van der Waals surface area contributed by atoms with Gasteiger partial charge in [-0.1, -0.05) is 36.4 Å². The van der Waals surface area contributed by atoms with Crippen molar-refractivity contribution in [2.24, 2.45) is 0 Å². The third kappa shape index (κ3) is 3.22. The van der Waals surface area contributed by atoms with Gasteiger partial charge in [0.25, 0.3) is 0 Å². The number of nitrogens with two attached hydrogens (primary N) is 1. The minimum absolute atomic E-state index is 0.120. The zero-order valence-corrected chi connectivity index (χ0v) is 15.3. The molecule has 3 N–H and O–H groups in total. The van der Waals surface area contributed by atoms with Crippen LogP contribution in [-0.2, 0) is 10.8 Å². The standard InChI is InChI=1S/C20H18N4O2S/c21-19-18-17(14-5-2-1-3-6-14)12-24(20(18)23-13-22-19)15-7-4-8-16(11-15)27(26)10-9-25/h1-8,11-13,25H,9-10H2,(H2,21,22,23). The summed E-state index contributed by atoms with van der Waals surface area (Å²) in [6, 6.07) is 17.3. The Bertz CT molecular complexity index is 1130. The molecule has 1 atom stereocenters. The van der Waals surface area contributed by atoms with Gasteiger partial charge in [-0.15, -0.1) is 0 Å². The second-order valence-corrected chi connectivity index (χ2v) is 7.58. The predicted molar refractivity (Wildman–Crippen MR) is 107 cm³/mol. The maximum atomic E-state index is 12.3. The molecule has 0 amide bonds. The Kier molecular flexibility index (Phi) is 4.70. The first-order valence-electron chi connectivity index (χ1n) is 8.45. The van der Waals surface area contributed by atoms with Crippen molar-refractivity contribution < 1.29 is 9.32 Å². The first-order valence-corrected chi connectivity index (χ1v) is 9.77. The zero-order chi connectivity index (χ0) is 18.8. The van der Waals surface area contributed by atoms with E-state index in [0.29, 0.717) is 16.4 Å². The summed E-state index contributed by atoms with van der Waals surface area (Å²) in [4.78, 5) is 9.24. The fourth-order valence-corrected chi connectivity index (χ4v) is 3.98. The molecular formula is C20H18N4O2S. The van der Waals surface area contributed by atoms with Crippen LogP contribution in [0, 0.1) is 0 Å². The smallest absolute Gasteiger partial charge is 0.150 e. The number of nitrogens with zero attached hydrogens (tertiary/aromatic N) is 3. The van der Waals surface area contributed by atoms with E-state index in [1.807, 2.05) is 59.3 Å². The number of nitrogen functional groups attached to an aromatic ring is 1. The van der Waals surface area contributed by atoms with Gasteiger partial charge in [-0.25, -0.2) is 9.97 Å². The van der Waals surface area contributed by atoms with Gasteiger partial charge in [-0.3, -0.25) is 4.21 Å². The van der Waals surface area contributed by atoms with Gasteiger partial charge in [0.05, 0.1) is 28.5 Å². The fourth-order valence-electron chi connectivity index (χ4n) is 3.09. The fraction of sp³-hybridized carbons (Fsp3) is 0.100. The van der Waals surface area contributed by atoms with Crippen molar-refractivity contribution in [3.05, 3.63) is 67.1 Å². The number of aromatic nitrogens is 3. The minimum atomic E-state index is -1.26. The highest BCUT2D eigenvalue weighted by molar-refractivity contribution is 7.85. The molecule has 0 spiro atoms. The van der Waals surface area contributed by atoms with Gasteiger partial charge in [0.2, 0.25) is 0 Å². The van der Waals surface area contributed by atoms with Crippen LogP contribution in [0.1, 0.15) is 0 Å². The molecule has 4 aromatic rings. The monoisotopic (exact) mass is 378 g/mol. The molecule has 0 bridgehead atoms. The largest absolute Gasteiger partial charge is 0.395 e. The Balaban J connectivity index is 1.93. The molecule has 0 saturated heterocycles. The number of benzene rings is 2. The van der Waals surface area contributed by atoms with Crippen molar-refractivity contribution in [2.45, 2.75) is 4.90 Å². The summed E-state index contributed by atoms with van der Waals surface area (Å²) in [6.45, 7) is -0.120. The molecule has 0 radical (unpaired) electrons. The molecule has 136 valence electrons. The first kappa shape index (κ1) is 17.4. The van der Waals surface area contributed by atoms with Crippen LogP contribution in [0.25, 0.3) is 27.8 Å². The molecule has 4 rings (SSSR count). The molecule has 0 aliphatic rings. The van der Waals surface area contributed by atoms with Crippen LogP contribution < -0.4 is 5.73 Å². The highest BCUT2D eigenvalue weighted by atomic mass is 32.2. The van der Waals surface area contributed by atoms with Gasteiger partial charge in [0.1, 0.15) is 12.1 Å². The summed E-state index contributed by atoms with van der Waals surface area (Å²) in [6.07, 6.45) is 3.41. The highest BCUT2D eigenvalue weighted by Crippen LogP contribution is 2.34. The van der Waals surface area contributed by atoms with E-state index >= 15 is 0 Å². The van der Waals surface area contributed by atoms with Gasteiger partial charge >= 0.3 is 0 Å². The molecule has 2 aromatic carbocycles. The van der Waals surface area contributed by atoms with E-state index < -0.39 is 10.8 Å². The third-order valence-corrected chi connectivity index (χ3v) is 5.67. The third-order valence-electron chi connectivity index (χ3n) is 4.33. The van der Waals surface area contributed by atoms with Crippen LogP contribution in [-0.4, -0.2) is 36.2 Å². The van der Waals surface area contributed by atoms with Gasteiger partial charge < -0.3 is 15.4 Å². The average molecular weight is 378 g/mol. The maximum Gasteiger partial charge on any atom is 0.150 e. The molecule has 2 aromatic heterocycles. The number of rotatable bonds is 5. The van der Waals surface area contributed by atoms with Crippen molar-refractivity contribution in [1.82, 2.24) is 14.5 Å². The van der Waals surface area contributed by atoms with E-state index in [1.54, 1.807) is 6.07 Å². The number of anilines is 1. The van der Waals surface area contributed by atoms with E-state index in [0.717, 1.165) is 22.2 Å². The summed E-state index contributed by atoms with van der Waals surface area (Å²) in [5.74, 6) is 0.623. The van der Waals surface area contributed by atoms with Crippen molar-refractivity contribution in [1.29, 1.82) is 0 Å². The Hall–Kier alpha value is -3.03. The summed E-state index contributed by atoms with van der Waals surface area (Å²) in [7, 11) is -1.26. The quantitative estimate of drug-likeness (QED) is 0.557. The minimum Gasteiger partial charge on any atom is -0.395 e. The number of hydrogen-bond donors (Lipinski definition) is 2. The predicted octanol–water partition coefficient (Wildman–Crippen LogP) is 2.77. The summed E-state index contributed by atoms with van der Waals surface area (Å²) in [5, 5.41) is 9.84. The Morgan fingerprint density at radius 3 is 2.67 bits per heavy atom. The lowest BCUT2D eigenvalue weighted by Crippen LogP contribution is -2.03. The molecule has 1 unspecified atom stereocenters. The topological polar surface area (TPSA) is 94.0 Å². The first-order chi connectivity index (χ1) is 13.2. The lowest BCUT2D eigenvalue weighted by Gasteiger charge is -2.07. The van der Waals surface area contributed by atoms with Crippen molar-refractivity contribution >= 4 is 27.7 Å². The van der Waals surface area contributed by atoms with Gasteiger partial charge in [0, 0.05) is 22.3 Å². The summed E-state index contributed by atoms with van der Waals surface area (Å²) < 4.78 is 14.2. The van der Waals surface area contributed by atoms with Crippen LogP contribution in [0.2, 0.25) is 0 Å².